The van der Waals surface area contributed by atoms with E-state index >= 15 is 0 Å². The van der Waals surface area contributed by atoms with Crippen LogP contribution in [0, 0.1) is 23.7 Å². The van der Waals surface area contributed by atoms with Gasteiger partial charge in [0.25, 0.3) is 0 Å². The predicted molar refractivity (Wildman–Crippen MR) is 57.0 cm³/mol. The fourth-order valence-corrected chi connectivity index (χ4v) is 4.44. The van der Waals surface area contributed by atoms with Crippen molar-refractivity contribution in [1.82, 2.24) is 0 Å². The van der Waals surface area contributed by atoms with Crippen LogP contribution < -0.4 is 0 Å². The monoisotopic (exact) mass is 210 g/mol. The van der Waals surface area contributed by atoms with Crippen molar-refractivity contribution in [3.8, 4) is 0 Å². The zero-order valence-corrected chi connectivity index (χ0v) is 9.29. The zero-order chi connectivity index (χ0) is 10.6. The quantitative estimate of drug-likeness (QED) is 0.635. The Labute approximate surface area is 90.7 Å². The Morgan fingerprint density at radius 3 is 2.87 bits per heavy atom. The first-order chi connectivity index (χ1) is 7.15. The highest BCUT2D eigenvalue weighted by Gasteiger charge is 2.60. The molecule has 4 aliphatic rings. The smallest absolute Gasteiger partial charge is 0.114 e. The Morgan fingerprint density at radius 1 is 1.33 bits per heavy atom. The summed E-state index contributed by atoms with van der Waals surface area (Å²) in [6, 6.07) is 0. The average Bonchev–Trinajstić information content (AvgIpc) is 2.21. The molecule has 6 unspecified atom stereocenters. The number of ether oxygens (including phenoxy) is 1. The maximum Gasteiger partial charge on any atom is 0.114 e. The van der Waals surface area contributed by atoms with E-state index < -0.39 is 6.17 Å². The zero-order valence-electron chi connectivity index (χ0n) is 9.29. The number of alkyl halides is 1. The molecule has 0 radical (unpaired) electrons. The van der Waals surface area contributed by atoms with Gasteiger partial charge in [0, 0.05) is 5.92 Å². The first kappa shape index (κ1) is 9.68. The summed E-state index contributed by atoms with van der Waals surface area (Å²) in [6.45, 7) is 5.73. The number of halogens is 1. The van der Waals surface area contributed by atoms with Crippen molar-refractivity contribution in [2.45, 2.75) is 44.4 Å². The maximum absolute atomic E-state index is 14.2. The molecule has 4 rings (SSSR count). The van der Waals surface area contributed by atoms with Crippen LogP contribution in [0.2, 0.25) is 0 Å². The van der Waals surface area contributed by atoms with Crippen LogP contribution in [-0.4, -0.2) is 11.8 Å². The van der Waals surface area contributed by atoms with Gasteiger partial charge < -0.3 is 4.74 Å². The molecular weight excluding hydrogens is 191 g/mol. The summed E-state index contributed by atoms with van der Waals surface area (Å²) < 4.78 is 19.9. The molecule has 0 aromatic heterocycles. The molecule has 0 amide bonds. The summed E-state index contributed by atoms with van der Waals surface area (Å²) in [7, 11) is 0. The minimum Gasteiger partial charge on any atom is -0.495 e. The molecule has 1 nitrogen and oxygen atoms in total. The van der Waals surface area contributed by atoms with Crippen LogP contribution in [-0.2, 0) is 4.74 Å². The van der Waals surface area contributed by atoms with Gasteiger partial charge in [-0.2, -0.15) is 0 Å². The molecule has 0 heterocycles. The van der Waals surface area contributed by atoms with Crippen LogP contribution in [0.25, 0.3) is 0 Å². The SMILES string of the molecule is C=COC1(C)C2CC3CC(C2)C(F)C1C3. The molecule has 6 atom stereocenters. The lowest BCUT2D eigenvalue weighted by Crippen LogP contribution is -2.61. The van der Waals surface area contributed by atoms with Gasteiger partial charge in [-0.05, 0) is 50.4 Å². The fraction of sp³-hybridized carbons (Fsp3) is 0.846. The van der Waals surface area contributed by atoms with Crippen molar-refractivity contribution < 1.29 is 9.13 Å². The van der Waals surface area contributed by atoms with Crippen molar-refractivity contribution in [2.24, 2.45) is 23.7 Å². The Balaban J connectivity index is 1.94. The van der Waals surface area contributed by atoms with Gasteiger partial charge in [-0.3, -0.25) is 0 Å². The normalized spacial score (nSPS) is 56.8. The van der Waals surface area contributed by atoms with E-state index in [2.05, 4.69) is 13.5 Å². The molecule has 4 bridgehead atoms. The van der Waals surface area contributed by atoms with Gasteiger partial charge in [-0.25, -0.2) is 4.39 Å². The molecule has 0 saturated heterocycles. The Morgan fingerprint density at radius 2 is 2.13 bits per heavy atom. The molecule has 84 valence electrons. The second kappa shape index (κ2) is 2.99. The van der Waals surface area contributed by atoms with Crippen LogP contribution in [0.15, 0.2) is 12.8 Å². The van der Waals surface area contributed by atoms with Crippen molar-refractivity contribution >= 4 is 0 Å². The van der Waals surface area contributed by atoms with Gasteiger partial charge in [0.05, 0.1) is 6.26 Å². The van der Waals surface area contributed by atoms with E-state index in [4.69, 9.17) is 4.74 Å². The van der Waals surface area contributed by atoms with Crippen molar-refractivity contribution in [3.05, 3.63) is 12.8 Å². The molecule has 0 aromatic carbocycles. The number of rotatable bonds is 2. The summed E-state index contributed by atoms with van der Waals surface area (Å²) >= 11 is 0. The highest BCUT2D eigenvalue weighted by molar-refractivity contribution is 5.10. The lowest BCUT2D eigenvalue weighted by molar-refractivity contribution is -0.197. The van der Waals surface area contributed by atoms with Gasteiger partial charge >= 0.3 is 0 Å². The minimum atomic E-state index is -0.636. The van der Waals surface area contributed by atoms with E-state index in [1.165, 1.54) is 12.7 Å². The third-order valence-electron chi connectivity index (χ3n) is 5.15. The largest absolute Gasteiger partial charge is 0.495 e. The molecule has 0 spiro atoms. The standard InChI is InChI=1S/C13H19FO/c1-3-15-13(2)10-5-8-4-9(7-10)12(14)11(13)6-8/h3,8-12H,1,4-7H2,2H3. The molecule has 2 heteroatoms. The fourth-order valence-electron chi connectivity index (χ4n) is 4.44. The molecule has 15 heavy (non-hydrogen) atoms. The summed E-state index contributed by atoms with van der Waals surface area (Å²) in [4.78, 5) is 0. The van der Waals surface area contributed by atoms with Crippen molar-refractivity contribution in [3.63, 3.8) is 0 Å². The average molecular weight is 210 g/mol. The van der Waals surface area contributed by atoms with Crippen LogP contribution >= 0.6 is 0 Å². The third-order valence-corrected chi connectivity index (χ3v) is 5.15. The highest BCUT2D eigenvalue weighted by atomic mass is 19.1. The first-order valence-corrected chi connectivity index (χ1v) is 6.08. The van der Waals surface area contributed by atoms with Crippen LogP contribution in [0.5, 0.6) is 0 Å². The molecule has 0 N–H and O–H groups in total. The summed E-state index contributed by atoms with van der Waals surface area (Å²) in [5.74, 6) is 1.78. The van der Waals surface area contributed by atoms with E-state index in [1.807, 2.05) is 0 Å². The Hall–Kier alpha value is -0.530. The summed E-state index contributed by atoms with van der Waals surface area (Å²) in [5.41, 5.74) is -0.269. The van der Waals surface area contributed by atoms with Gasteiger partial charge in [0.1, 0.15) is 11.8 Å². The van der Waals surface area contributed by atoms with E-state index in [1.54, 1.807) is 0 Å². The highest BCUT2D eigenvalue weighted by Crippen LogP contribution is 2.60. The molecular formula is C13H19FO. The maximum atomic E-state index is 14.2. The second-order valence-electron chi connectivity index (χ2n) is 5.79. The van der Waals surface area contributed by atoms with Crippen LogP contribution in [0.3, 0.4) is 0 Å². The minimum absolute atomic E-state index is 0.117. The predicted octanol–water partition coefficient (Wildman–Crippen LogP) is 3.31. The van der Waals surface area contributed by atoms with Crippen molar-refractivity contribution in [1.29, 1.82) is 0 Å². The summed E-state index contributed by atoms with van der Waals surface area (Å²) in [6.07, 6.45) is 5.29. The van der Waals surface area contributed by atoms with Crippen LogP contribution in [0.4, 0.5) is 4.39 Å². The van der Waals surface area contributed by atoms with Gasteiger partial charge in [0.2, 0.25) is 0 Å². The molecule has 4 saturated carbocycles. The topological polar surface area (TPSA) is 9.23 Å². The second-order valence-corrected chi connectivity index (χ2v) is 5.79. The first-order valence-electron chi connectivity index (χ1n) is 6.08. The Kier molecular flexibility index (Phi) is 1.93. The number of hydrogen-bond acceptors (Lipinski definition) is 1. The lowest BCUT2D eigenvalue weighted by atomic mass is 9.49. The van der Waals surface area contributed by atoms with Gasteiger partial charge in [-0.15, -0.1) is 0 Å². The Bertz CT molecular complexity index is 290. The van der Waals surface area contributed by atoms with E-state index in [-0.39, 0.29) is 11.5 Å². The van der Waals surface area contributed by atoms with Crippen molar-refractivity contribution in [2.75, 3.05) is 0 Å². The van der Waals surface area contributed by atoms with Crippen LogP contribution in [0.1, 0.15) is 32.6 Å². The van der Waals surface area contributed by atoms with E-state index in [0.717, 1.165) is 25.2 Å². The molecule has 0 aromatic rings. The molecule has 4 aliphatic carbocycles. The third kappa shape index (κ3) is 1.14. The lowest BCUT2D eigenvalue weighted by Gasteiger charge is -2.60. The number of hydrogen-bond donors (Lipinski definition) is 0. The van der Waals surface area contributed by atoms with Gasteiger partial charge in [-0.1, -0.05) is 6.58 Å². The van der Waals surface area contributed by atoms with Gasteiger partial charge in [0.15, 0.2) is 0 Å². The molecule has 4 fully saturated rings. The summed E-state index contributed by atoms with van der Waals surface area (Å²) in [5, 5.41) is 0. The van der Waals surface area contributed by atoms with E-state index in [0.29, 0.717) is 11.8 Å². The van der Waals surface area contributed by atoms with E-state index in [9.17, 15) is 4.39 Å². The molecule has 0 aliphatic heterocycles.